The van der Waals surface area contributed by atoms with Crippen LogP contribution in [-0.2, 0) is 14.3 Å². The van der Waals surface area contributed by atoms with Crippen molar-refractivity contribution < 1.29 is 19.4 Å². The van der Waals surface area contributed by atoms with E-state index in [-0.39, 0.29) is 0 Å². The molecule has 5 nitrogen and oxygen atoms in total. The van der Waals surface area contributed by atoms with Gasteiger partial charge in [-0.15, -0.1) is 0 Å². The predicted molar refractivity (Wildman–Crippen MR) is 41.6 cm³/mol. The lowest BCUT2D eigenvalue weighted by Gasteiger charge is -2.17. The Morgan fingerprint density at radius 2 is 1.77 bits per heavy atom. The summed E-state index contributed by atoms with van der Waals surface area (Å²) in [5.41, 5.74) is 5.10. The first-order valence-electron chi connectivity index (χ1n) is 3.97. The van der Waals surface area contributed by atoms with Crippen LogP contribution in [0, 0.1) is 11.8 Å². The molecule has 0 aliphatic carbocycles. The van der Waals surface area contributed by atoms with Crippen molar-refractivity contribution in [2.24, 2.45) is 17.6 Å². The Balaban J connectivity index is 2.30. The average molecular weight is 183 g/mol. The molecule has 0 aromatic heterocycles. The van der Waals surface area contributed by atoms with Crippen molar-refractivity contribution in [2.45, 2.75) is 12.2 Å². The maximum absolute atomic E-state index is 11.0. The topological polar surface area (TPSA) is 89.6 Å². The third kappa shape index (κ3) is 1.04. The smallest absolute Gasteiger partial charge is 0.310 e. The lowest BCUT2D eigenvalue weighted by atomic mass is 9.83. The van der Waals surface area contributed by atoms with Crippen molar-refractivity contribution in [1.82, 2.24) is 0 Å². The van der Waals surface area contributed by atoms with Crippen molar-refractivity contribution in [3.05, 3.63) is 12.2 Å². The van der Waals surface area contributed by atoms with Crippen LogP contribution in [0.1, 0.15) is 0 Å². The molecule has 0 spiro atoms. The van der Waals surface area contributed by atoms with Crippen LogP contribution in [0.25, 0.3) is 0 Å². The highest BCUT2D eigenvalue weighted by molar-refractivity contribution is 5.86. The van der Waals surface area contributed by atoms with Crippen LogP contribution in [0.4, 0.5) is 0 Å². The number of carbonyl (C=O) groups excluding carboxylic acids is 1. The van der Waals surface area contributed by atoms with Gasteiger partial charge in [0, 0.05) is 0 Å². The highest BCUT2D eigenvalue weighted by Crippen LogP contribution is 2.38. The van der Waals surface area contributed by atoms with E-state index in [0.717, 1.165) is 0 Å². The molecule has 13 heavy (non-hydrogen) atoms. The van der Waals surface area contributed by atoms with Crippen molar-refractivity contribution in [3.8, 4) is 0 Å². The largest absolute Gasteiger partial charge is 0.481 e. The molecule has 0 aromatic carbocycles. The van der Waals surface area contributed by atoms with Crippen molar-refractivity contribution in [3.63, 3.8) is 0 Å². The summed E-state index contributed by atoms with van der Waals surface area (Å²) in [5.74, 6) is -3.16. The standard InChI is InChI=1S/C8H9NO4/c9-7(10)5-3-1-2-4(13-3)6(5)8(11)12/h1-6H,(H2,9,10)(H,11,12)/t3-,4-,5+,6-/m0/s1. The van der Waals surface area contributed by atoms with E-state index in [9.17, 15) is 9.59 Å². The van der Waals surface area contributed by atoms with E-state index in [2.05, 4.69) is 0 Å². The summed E-state index contributed by atoms with van der Waals surface area (Å²) in [7, 11) is 0. The van der Waals surface area contributed by atoms with E-state index < -0.39 is 35.9 Å². The lowest BCUT2D eigenvalue weighted by Crippen LogP contribution is -2.39. The quantitative estimate of drug-likeness (QED) is 0.544. The highest BCUT2D eigenvalue weighted by atomic mass is 16.5. The fraction of sp³-hybridized carbons (Fsp3) is 0.500. The molecule has 1 saturated heterocycles. The van der Waals surface area contributed by atoms with Crippen LogP contribution in [0.3, 0.4) is 0 Å². The minimum atomic E-state index is -1.03. The minimum absolute atomic E-state index is 0.441. The molecule has 1 fully saturated rings. The third-order valence-corrected chi connectivity index (χ3v) is 2.51. The number of fused-ring (bicyclic) bond motifs is 2. The molecule has 2 heterocycles. The molecule has 4 atom stereocenters. The van der Waals surface area contributed by atoms with Gasteiger partial charge in [0.05, 0.1) is 18.1 Å². The second-order valence-electron chi connectivity index (χ2n) is 3.24. The summed E-state index contributed by atoms with van der Waals surface area (Å²) in [6.07, 6.45) is 2.44. The SMILES string of the molecule is NC(=O)[C@H]1[C@@H](C(=O)O)[C@@H]2C=C[C@@H]1O2. The zero-order chi connectivity index (χ0) is 9.59. The van der Waals surface area contributed by atoms with Crippen LogP contribution in [0.5, 0.6) is 0 Å². The van der Waals surface area contributed by atoms with Crippen LogP contribution >= 0.6 is 0 Å². The average Bonchev–Trinajstić information content (AvgIpc) is 2.60. The number of hydrogen-bond acceptors (Lipinski definition) is 3. The molecule has 0 aromatic rings. The molecule has 5 heteroatoms. The van der Waals surface area contributed by atoms with Crippen LogP contribution < -0.4 is 5.73 Å². The molecular formula is C8H9NO4. The van der Waals surface area contributed by atoms with E-state index in [1.54, 1.807) is 12.2 Å². The molecule has 1 amide bonds. The molecule has 0 saturated carbocycles. The van der Waals surface area contributed by atoms with Gasteiger partial charge in [0.25, 0.3) is 0 Å². The Kier molecular flexibility index (Phi) is 1.63. The number of amides is 1. The number of aliphatic carboxylic acids is 1. The van der Waals surface area contributed by atoms with Crippen molar-refractivity contribution in [1.29, 1.82) is 0 Å². The third-order valence-electron chi connectivity index (χ3n) is 2.51. The monoisotopic (exact) mass is 183 g/mol. The van der Waals surface area contributed by atoms with Crippen molar-refractivity contribution >= 4 is 11.9 Å². The number of ether oxygens (including phenoxy) is 1. The van der Waals surface area contributed by atoms with Gasteiger partial charge in [-0.25, -0.2) is 0 Å². The summed E-state index contributed by atoms with van der Waals surface area (Å²) in [5, 5.41) is 8.83. The number of carboxylic acid groups (broad SMARTS) is 1. The maximum atomic E-state index is 11.0. The first-order valence-corrected chi connectivity index (χ1v) is 3.97. The van der Waals surface area contributed by atoms with Gasteiger partial charge < -0.3 is 15.6 Å². The first kappa shape index (κ1) is 8.25. The van der Waals surface area contributed by atoms with Gasteiger partial charge in [-0.2, -0.15) is 0 Å². The van der Waals surface area contributed by atoms with Gasteiger partial charge in [0.2, 0.25) is 5.91 Å². The Labute approximate surface area is 74.2 Å². The normalized spacial score (nSPS) is 40.9. The molecule has 70 valence electrons. The van der Waals surface area contributed by atoms with Gasteiger partial charge in [0.15, 0.2) is 0 Å². The summed E-state index contributed by atoms with van der Waals surface area (Å²) in [6, 6.07) is 0. The number of carboxylic acids is 1. The molecular weight excluding hydrogens is 174 g/mol. The lowest BCUT2D eigenvalue weighted by molar-refractivity contribution is -0.146. The van der Waals surface area contributed by atoms with E-state index in [1.165, 1.54) is 0 Å². The molecule has 0 unspecified atom stereocenters. The summed E-state index contributed by atoms with van der Waals surface area (Å²) < 4.78 is 5.23. The molecule has 2 rings (SSSR count). The fourth-order valence-electron chi connectivity index (χ4n) is 1.94. The number of nitrogens with two attached hydrogens (primary N) is 1. The van der Waals surface area contributed by atoms with Gasteiger partial charge in [0.1, 0.15) is 5.92 Å². The van der Waals surface area contributed by atoms with Crippen LogP contribution in [0.2, 0.25) is 0 Å². The second-order valence-corrected chi connectivity index (χ2v) is 3.24. The zero-order valence-electron chi connectivity index (χ0n) is 6.71. The van der Waals surface area contributed by atoms with Gasteiger partial charge in [-0.05, 0) is 0 Å². The Morgan fingerprint density at radius 3 is 2.15 bits per heavy atom. The molecule has 2 bridgehead atoms. The number of carbonyl (C=O) groups is 2. The Morgan fingerprint density at radius 1 is 1.23 bits per heavy atom. The van der Waals surface area contributed by atoms with Crippen molar-refractivity contribution in [2.75, 3.05) is 0 Å². The summed E-state index contributed by atoms with van der Waals surface area (Å²) in [4.78, 5) is 21.7. The van der Waals surface area contributed by atoms with Crippen LogP contribution in [0.15, 0.2) is 12.2 Å². The van der Waals surface area contributed by atoms with E-state index in [4.69, 9.17) is 15.6 Å². The Bertz CT molecular complexity index is 271. The predicted octanol–water partition coefficient (Wildman–Crippen LogP) is -0.874. The highest BCUT2D eigenvalue weighted by Gasteiger charge is 2.52. The number of hydrogen-bond donors (Lipinski definition) is 2. The number of rotatable bonds is 2. The summed E-state index contributed by atoms with van der Waals surface area (Å²) >= 11 is 0. The van der Waals surface area contributed by atoms with E-state index in [0.29, 0.717) is 0 Å². The molecule has 2 aliphatic heterocycles. The van der Waals surface area contributed by atoms with Crippen LogP contribution in [-0.4, -0.2) is 29.2 Å². The maximum Gasteiger partial charge on any atom is 0.310 e. The van der Waals surface area contributed by atoms with E-state index >= 15 is 0 Å². The fourth-order valence-corrected chi connectivity index (χ4v) is 1.94. The molecule has 2 aliphatic rings. The summed E-state index contributed by atoms with van der Waals surface area (Å²) in [6.45, 7) is 0. The first-order chi connectivity index (χ1) is 6.11. The molecule has 0 radical (unpaired) electrons. The van der Waals surface area contributed by atoms with Gasteiger partial charge in [-0.3, -0.25) is 9.59 Å². The Hall–Kier alpha value is -1.36. The zero-order valence-corrected chi connectivity index (χ0v) is 6.71. The van der Waals surface area contributed by atoms with Gasteiger partial charge >= 0.3 is 5.97 Å². The molecule has 3 N–H and O–H groups in total. The second kappa shape index (κ2) is 2.56. The van der Waals surface area contributed by atoms with E-state index in [1.807, 2.05) is 0 Å². The minimum Gasteiger partial charge on any atom is -0.481 e. The number of primary amides is 1. The van der Waals surface area contributed by atoms with Gasteiger partial charge in [-0.1, -0.05) is 12.2 Å².